The van der Waals surface area contributed by atoms with Gasteiger partial charge in [-0.3, -0.25) is 9.59 Å². The molecule has 3 rings (SSSR count). The lowest BCUT2D eigenvalue weighted by Gasteiger charge is -2.27. The van der Waals surface area contributed by atoms with Crippen molar-refractivity contribution in [2.75, 3.05) is 31.5 Å². The number of hydrogen-bond acceptors (Lipinski definition) is 4. The minimum atomic E-state index is -0.438. The average Bonchev–Trinajstić information content (AvgIpc) is 3.19. The molecule has 28 heavy (non-hydrogen) atoms. The molecular formula is C20H25N5O2S. The summed E-state index contributed by atoms with van der Waals surface area (Å²) in [6.07, 6.45) is 4.55. The van der Waals surface area contributed by atoms with E-state index >= 15 is 0 Å². The van der Waals surface area contributed by atoms with E-state index in [1.807, 2.05) is 4.90 Å². The largest absolute Gasteiger partial charge is 0.351 e. The Morgan fingerprint density at radius 2 is 1.82 bits per heavy atom. The first kappa shape index (κ1) is 20.1. The Balaban J connectivity index is 1.57. The van der Waals surface area contributed by atoms with Gasteiger partial charge in [0.2, 0.25) is 11.8 Å². The predicted molar refractivity (Wildman–Crippen MR) is 111 cm³/mol. The van der Waals surface area contributed by atoms with Crippen LogP contribution < -0.4 is 10.6 Å². The Morgan fingerprint density at radius 3 is 2.50 bits per heavy atom. The number of benzene rings is 1. The summed E-state index contributed by atoms with van der Waals surface area (Å²) in [6, 6.07) is 8.57. The van der Waals surface area contributed by atoms with Crippen LogP contribution in [0.4, 0.5) is 5.69 Å². The number of rotatable bonds is 4. The standard InChI is InChI=1S/C20H25N5O2S/c21-13-15-6-8-16(9-7-15)22-20(28)23-17-5-1-2-12-25(19(17)27)14-18(26)24-10-3-4-11-24/h6-9,17H,1-5,10-12,14H2,(H2,22,23,28). The second-order valence-electron chi connectivity index (χ2n) is 7.18. The van der Waals surface area contributed by atoms with E-state index in [0.29, 0.717) is 23.6 Å². The number of amides is 2. The quantitative estimate of drug-likeness (QED) is 0.752. The lowest BCUT2D eigenvalue weighted by atomic mass is 10.1. The summed E-state index contributed by atoms with van der Waals surface area (Å²) in [4.78, 5) is 28.9. The molecule has 1 aromatic carbocycles. The maximum Gasteiger partial charge on any atom is 0.245 e. The lowest BCUT2D eigenvalue weighted by molar-refractivity contribution is -0.140. The summed E-state index contributed by atoms with van der Waals surface area (Å²) < 4.78 is 0. The molecule has 1 atom stereocenters. The van der Waals surface area contributed by atoms with Gasteiger partial charge in [0.05, 0.1) is 18.2 Å². The van der Waals surface area contributed by atoms with E-state index in [0.717, 1.165) is 44.5 Å². The van der Waals surface area contributed by atoms with E-state index < -0.39 is 6.04 Å². The topological polar surface area (TPSA) is 88.5 Å². The lowest BCUT2D eigenvalue weighted by Crippen LogP contribution is -2.51. The van der Waals surface area contributed by atoms with Gasteiger partial charge in [-0.15, -0.1) is 0 Å². The average molecular weight is 400 g/mol. The fourth-order valence-electron chi connectivity index (χ4n) is 3.58. The zero-order valence-electron chi connectivity index (χ0n) is 15.8. The van der Waals surface area contributed by atoms with Crippen LogP contribution in [0.3, 0.4) is 0 Å². The maximum absolute atomic E-state index is 12.9. The number of nitrogens with zero attached hydrogens (tertiary/aromatic N) is 3. The van der Waals surface area contributed by atoms with Gasteiger partial charge in [-0.05, 0) is 68.6 Å². The maximum atomic E-state index is 12.9. The molecule has 2 aliphatic rings. The summed E-state index contributed by atoms with van der Waals surface area (Å²) >= 11 is 5.36. The molecule has 2 fully saturated rings. The van der Waals surface area contributed by atoms with Crippen molar-refractivity contribution in [2.24, 2.45) is 0 Å². The van der Waals surface area contributed by atoms with Crippen LogP contribution in [0.15, 0.2) is 24.3 Å². The zero-order chi connectivity index (χ0) is 19.9. The van der Waals surface area contributed by atoms with Crippen LogP contribution in [0.25, 0.3) is 0 Å². The monoisotopic (exact) mass is 399 g/mol. The van der Waals surface area contributed by atoms with Crippen molar-refractivity contribution >= 4 is 34.8 Å². The third kappa shape index (κ3) is 5.20. The van der Waals surface area contributed by atoms with Gasteiger partial charge in [0.1, 0.15) is 6.04 Å². The molecule has 2 N–H and O–H groups in total. The van der Waals surface area contributed by atoms with Gasteiger partial charge in [-0.1, -0.05) is 0 Å². The molecule has 1 unspecified atom stereocenters. The van der Waals surface area contributed by atoms with Crippen LogP contribution >= 0.6 is 12.2 Å². The first-order chi connectivity index (χ1) is 13.6. The third-order valence-electron chi connectivity index (χ3n) is 5.14. The van der Waals surface area contributed by atoms with E-state index in [9.17, 15) is 9.59 Å². The fraction of sp³-hybridized carbons (Fsp3) is 0.500. The van der Waals surface area contributed by atoms with Gasteiger partial charge in [-0.25, -0.2) is 0 Å². The number of likely N-dealkylation sites (tertiary alicyclic amines) is 2. The van der Waals surface area contributed by atoms with E-state index in [1.165, 1.54) is 0 Å². The predicted octanol–water partition coefficient (Wildman–Crippen LogP) is 1.85. The van der Waals surface area contributed by atoms with E-state index in [1.54, 1.807) is 29.2 Å². The Kier molecular flexibility index (Phi) is 6.82. The van der Waals surface area contributed by atoms with Crippen molar-refractivity contribution in [1.82, 2.24) is 15.1 Å². The summed E-state index contributed by atoms with van der Waals surface area (Å²) in [7, 11) is 0. The molecular weight excluding hydrogens is 374 g/mol. The Morgan fingerprint density at radius 1 is 1.14 bits per heavy atom. The summed E-state index contributed by atoms with van der Waals surface area (Å²) in [5.74, 6) is -0.0428. The second-order valence-corrected chi connectivity index (χ2v) is 7.59. The Labute approximate surface area is 170 Å². The van der Waals surface area contributed by atoms with Crippen molar-refractivity contribution in [1.29, 1.82) is 5.26 Å². The van der Waals surface area contributed by atoms with Crippen LogP contribution in [0.1, 0.15) is 37.7 Å². The van der Waals surface area contributed by atoms with Crippen molar-refractivity contribution in [2.45, 2.75) is 38.1 Å². The van der Waals surface area contributed by atoms with Crippen LogP contribution in [0, 0.1) is 11.3 Å². The number of anilines is 1. The fourth-order valence-corrected chi connectivity index (χ4v) is 3.84. The van der Waals surface area contributed by atoms with Gasteiger partial charge in [0, 0.05) is 25.3 Å². The van der Waals surface area contributed by atoms with Gasteiger partial charge >= 0.3 is 0 Å². The summed E-state index contributed by atoms with van der Waals surface area (Å²) in [6.45, 7) is 2.33. The molecule has 0 bridgehead atoms. The van der Waals surface area contributed by atoms with Crippen molar-refractivity contribution in [3.8, 4) is 6.07 Å². The molecule has 2 saturated heterocycles. The van der Waals surface area contributed by atoms with Crippen LogP contribution in [0.2, 0.25) is 0 Å². The highest BCUT2D eigenvalue weighted by atomic mass is 32.1. The zero-order valence-corrected chi connectivity index (χ0v) is 16.6. The normalized spacial score (nSPS) is 19.7. The molecule has 1 aromatic rings. The van der Waals surface area contributed by atoms with E-state index in [-0.39, 0.29) is 18.4 Å². The molecule has 2 amide bonds. The van der Waals surface area contributed by atoms with E-state index in [2.05, 4.69) is 16.7 Å². The Hall–Kier alpha value is -2.66. The first-order valence-corrected chi connectivity index (χ1v) is 10.1. The minimum absolute atomic E-state index is 0.0322. The number of nitrogens with one attached hydrogen (secondary N) is 2. The molecule has 0 aromatic heterocycles. The minimum Gasteiger partial charge on any atom is -0.351 e. The summed E-state index contributed by atoms with van der Waals surface area (Å²) in [5, 5.41) is 15.4. The molecule has 2 heterocycles. The molecule has 7 nitrogen and oxygen atoms in total. The molecule has 8 heteroatoms. The SMILES string of the molecule is N#Cc1ccc(NC(=S)NC2CCCCN(CC(=O)N3CCCC3)C2=O)cc1. The van der Waals surface area contributed by atoms with Crippen LogP contribution in [-0.4, -0.2) is 58.9 Å². The summed E-state index contributed by atoms with van der Waals surface area (Å²) in [5.41, 5.74) is 1.32. The van der Waals surface area contributed by atoms with Gasteiger partial charge in [0.25, 0.3) is 0 Å². The molecule has 148 valence electrons. The molecule has 0 spiro atoms. The second kappa shape index (κ2) is 9.51. The highest BCUT2D eigenvalue weighted by Gasteiger charge is 2.30. The molecule has 2 aliphatic heterocycles. The number of thiocarbonyl (C=S) groups is 1. The highest BCUT2D eigenvalue weighted by molar-refractivity contribution is 7.80. The van der Waals surface area contributed by atoms with Crippen LogP contribution in [0.5, 0.6) is 0 Å². The number of nitriles is 1. The number of carbonyl (C=O) groups is 2. The van der Waals surface area contributed by atoms with Gasteiger partial charge in [-0.2, -0.15) is 5.26 Å². The first-order valence-electron chi connectivity index (χ1n) is 9.71. The number of hydrogen-bond donors (Lipinski definition) is 2. The molecule has 0 aliphatic carbocycles. The van der Waals surface area contributed by atoms with E-state index in [4.69, 9.17) is 17.5 Å². The third-order valence-corrected chi connectivity index (χ3v) is 5.36. The van der Waals surface area contributed by atoms with Crippen molar-refractivity contribution in [3.63, 3.8) is 0 Å². The molecule has 0 radical (unpaired) electrons. The van der Waals surface area contributed by atoms with Crippen molar-refractivity contribution in [3.05, 3.63) is 29.8 Å². The van der Waals surface area contributed by atoms with Crippen molar-refractivity contribution < 1.29 is 9.59 Å². The molecule has 0 saturated carbocycles. The van der Waals surface area contributed by atoms with Gasteiger partial charge in [0.15, 0.2) is 5.11 Å². The van der Waals surface area contributed by atoms with Crippen LogP contribution in [-0.2, 0) is 9.59 Å². The van der Waals surface area contributed by atoms with Gasteiger partial charge < -0.3 is 20.4 Å². The highest BCUT2D eigenvalue weighted by Crippen LogP contribution is 2.15. The smallest absolute Gasteiger partial charge is 0.245 e. The Bertz CT molecular complexity index is 768. The number of carbonyl (C=O) groups excluding carboxylic acids is 2.